The Morgan fingerprint density at radius 1 is 1.17 bits per heavy atom. The van der Waals surface area contributed by atoms with E-state index in [0.29, 0.717) is 5.56 Å². The van der Waals surface area contributed by atoms with Crippen molar-refractivity contribution in [1.29, 1.82) is 0 Å². The van der Waals surface area contributed by atoms with Crippen LogP contribution in [-0.2, 0) is 11.2 Å². The van der Waals surface area contributed by atoms with Crippen molar-refractivity contribution in [2.45, 2.75) is 72.8 Å². The van der Waals surface area contributed by atoms with Crippen molar-refractivity contribution in [1.82, 2.24) is 0 Å². The number of anilines is 1. The summed E-state index contributed by atoms with van der Waals surface area (Å²) in [5.41, 5.74) is 2.60. The number of carbonyl (C=O) groups is 2. The zero-order chi connectivity index (χ0) is 17.9. The van der Waals surface area contributed by atoms with Crippen LogP contribution in [0.2, 0.25) is 0 Å². The van der Waals surface area contributed by atoms with Gasteiger partial charge in [0.05, 0.1) is 5.69 Å². The predicted molar refractivity (Wildman–Crippen MR) is 99.6 cm³/mol. The van der Waals surface area contributed by atoms with E-state index in [1.165, 1.54) is 0 Å². The maximum Gasteiger partial charge on any atom is 0.230 e. The molecule has 0 saturated heterocycles. The summed E-state index contributed by atoms with van der Waals surface area (Å²) in [5, 5.41) is 0. The van der Waals surface area contributed by atoms with Gasteiger partial charge in [-0.1, -0.05) is 19.9 Å². The lowest BCUT2D eigenvalue weighted by atomic mass is 9.82. The van der Waals surface area contributed by atoms with E-state index in [4.69, 9.17) is 0 Å². The standard InChI is InChI=1S/C21H31NO2/c1-6-17-9-12-19(16(5)23)20(13-17)22(14(2)3)21(24)18-10-7-15(4)8-11-18/h9,12-15,18H,6-8,10-11H2,1-5H3. The van der Waals surface area contributed by atoms with E-state index in [0.717, 1.165) is 49.3 Å². The van der Waals surface area contributed by atoms with Gasteiger partial charge >= 0.3 is 0 Å². The van der Waals surface area contributed by atoms with E-state index in [-0.39, 0.29) is 23.7 Å². The molecule has 0 spiro atoms. The number of hydrogen-bond donors (Lipinski definition) is 0. The van der Waals surface area contributed by atoms with Crippen LogP contribution in [-0.4, -0.2) is 17.7 Å². The van der Waals surface area contributed by atoms with Crippen LogP contribution in [0.25, 0.3) is 0 Å². The fraction of sp³-hybridized carbons (Fsp3) is 0.619. The quantitative estimate of drug-likeness (QED) is 0.711. The zero-order valence-corrected chi connectivity index (χ0v) is 15.8. The number of ketones is 1. The zero-order valence-electron chi connectivity index (χ0n) is 15.8. The molecule has 0 aromatic heterocycles. The van der Waals surface area contributed by atoms with Gasteiger partial charge in [0.25, 0.3) is 0 Å². The lowest BCUT2D eigenvalue weighted by Gasteiger charge is -2.34. The summed E-state index contributed by atoms with van der Waals surface area (Å²) >= 11 is 0. The summed E-state index contributed by atoms with van der Waals surface area (Å²) in [6.45, 7) is 10.0. The Labute approximate surface area is 146 Å². The second-order valence-electron chi connectivity index (χ2n) is 7.52. The molecule has 1 aliphatic rings. The van der Waals surface area contributed by atoms with Gasteiger partial charge in [0, 0.05) is 17.5 Å². The molecule has 132 valence electrons. The first-order chi connectivity index (χ1) is 11.3. The summed E-state index contributed by atoms with van der Waals surface area (Å²) in [6.07, 6.45) is 5.07. The highest BCUT2D eigenvalue weighted by atomic mass is 16.2. The predicted octanol–water partition coefficient (Wildman–Crippen LogP) is 5.02. The topological polar surface area (TPSA) is 37.4 Å². The molecule has 1 aliphatic carbocycles. The van der Waals surface area contributed by atoms with Crippen LogP contribution in [0.1, 0.15) is 76.2 Å². The Bertz CT molecular complexity index is 598. The summed E-state index contributed by atoms with van der Waals surface area (Å²) in [5.74, 6) is 1.02. The van der Waals surface area contributed by atoms with Crippen molar-refractivity contribution in [3.05, 3.63) is 29.3 Å². The third-order valence-corrected chi connectivity index (χ3v) is 5.23. The van der Waals surface area contributed by atoms with Crippen LogP contribution < -0.4 is 4.90 Å². The molecular weight excluding hydrogens is 298 g/mol. The van der Waals surface area contributed by atoms with Crippen LogP contribution in [0.5, 0.6) is 0 Å². The minimum absolute atomic E-state index is 0.0170. The third kappa shape index (κ3) is 4.06. The number of nitrogens with zero attached hydrogens (tertiary/aromatic N) is 1. The summed E-state index contributed by atoms with van der Waals surface area (Å²) in [4.78, 5) is 27.2. The number of hydrogen-bond acceptors (Lipinski definition) is 2. The summed E-state index contributed by atoms with van der Waals surface area (Å²) in [6, 6.07) is 5.94. The van der Waals surface area contributed by atoms with E-state index in [9.17, 15) is 9.59 Å². The average Bonchev–Trinajstić information content (AvgIpc) is 2.54. The maximum absolute atomic E-state index is 13.2. The van der Waals surface area contributed by atoms with Crippen LogP contribution in [0, 0.1) is 11.8 Å². The number of aryl methyl sites for hydroxylation is 1. The van der Waals surface area contributed by atoms with Gasteiger partial charge < -0.3 is 4.90 Å². The van der Waals surface area contributed by atoms with Crippen molar-refractivity contribution in [3.8, 4) is 0 Å². The van der Waals surface area contributed by atoms with E-state index in [1.54, 1.807) is 6.92 Å². The van der Waals surface area contributed by atoms with E-state index in [1.807, 2.05) is 36.9 Å². The molecular formula is C21H31NO2. The van der Waals surface area contributed by atoms with E-state index < -0.39 is 0 Å². The molecule has 24 heavy (non-hydrogen) atoms. The molecule has 0 N–H and O–H groups in total. The maximum atomic E-state index is 13.2. The van der Waals surface area contributed by atoms with Crippen LogP contribution in [0.4, 0.5) is 5.69 Å². The molecule has 1 saturated carbocycles. The lowest BCUT2D eigenvalue weighted by molar-refractivity contribution is -0.123. The highest BCUT2D eigenvalue weighted by molar-refractivity contribution is 6.05. The number of amides is 1. The van der Waals surface area contributed by atoms with Gasteiger partial charge in [-0.15, -0.1) is 0 Å². The highest BCUT2D eigenvalue weighted by Gasteiger charge is 2.31. The molecule has 1 amide bonds. The Hall–Kier alpha value is -1.64. The van der Waals surface area contributed by atoms with Gasteiger partial charge in [0.15, 0.2) is 5.78 Å². The average molecular weight is 329 g/mol. The molecule has 1 aromatic rings. The number of carbonyl (C=O) groups excluding carboxylic acids is 2. The minimum Gasteiger partial charge on any atom is -0.309 e. The fourth-order valence-electron chi connectivity index (χ4n) is 3.65. The Morgan fingerprint density at radius 3 is 2.29 bits per heavy atom. The first-order valence-electron chi connectivity index (χ1n) is 9.32. The third-order valence-electron chi connectivity index (χ3n) is 5.23. The molecule has 3 heteroatoms. The molecule has 3 nitrogen and oxygen atoms in total. The van der Waals surface area contributed by atoms with Crippen molar-refractivity contribution < 1.29 is 9.59 Å². The second-order valence-corrected chi connectivity index (χ2v) is 7.52. The molecule has 1 aromatic carbocycles. The van der Waals surface area contributed by atoms with Crippen LogP contribution >= 0.6 is 0 Å². The Kier molecular flexibility index (Phi) is 6.20. The van der Waals surface area contributed by atoms with Gasteiger partial charge in [-0.05, 0) is 76.5 Å². The molecule has 0 heterocycles. The van der Waals surface area contributed by atoms with Gasteiger partial charge in [0.1, 0.15) is 0 Å². The van der Waals surface area contributed by atoms with Crippen LogP contribution in [0.15, 0.2) is 18.2 Å². The monoisotopic (exact) mass is 329 g/mol. The second kappa shape index (κ2) is 7.96. The smallest absolute Gasteiger partial charge is 0.230 e. The van der Waals surface area contributed by atoms with Crippen LogP contribution in [0.3, 0.4) is 0 Å². The SMILES string of the molecule is CCc1ccc(C(C)=O)c(N(C(=O)C2CCC(C)CC2)C(C)C)c1. The molecule has 1 fully saturated rings. The van der Waals surface area contributed by atoms with Crippen molar-refractivity contribution in [2.24, 2.45) is 11.8 Å². The summed E-state index contributed by atoms with van der Waals surface area (Å²) in [7, 11) is 0. The van der Waals surface area contributed by atoms with Gasteiger partial charge in [-0.25, -0.2) is 0 Å². The molecule has 0 bridgehead atoms. The van der Waals surface area contributed by atoms with Gasteiger partial charge in [0.2, 0.25) is 5.91 Å². The number of rotatable bonds is 5. The molecule has 0 unspecified atom stereocenters. The first kappa shape index (κ1) is 18.7. The van der Waals surface area contributed by atoms with Gasteiger partial charge in [-0.2, -0.15) is 0 Å². The number of Topliss-reactive ketones (excluding diaryl/α,β-unsaturated/α-hetero) is 1. The molecule has 0 radical (unpaired) electrons. The van der Waals surface area contributed by atoms with Crippen molar-refractivity contribution in [3.63, 3.8) is 0 Å². The largest absolute Gasteiger partial charge is 0.309 e. The minimum atomic E-state index is 0.0170. The summed E-state index contributed by atoms with van der Waals surface area (Å²) < 4.78 is 0. The normalized spacial score (nSPS) is 20.9. The van der Waals surface area contributed by atoms with Crippen molar-refractivity contribution >= 4 is 17.4 Å². The van der Waals surface area contributed by atoms with E-state index >= 15 is 0 Å². The molecule has 2 rings (SSSR count). The lowest BCUT2D eigenvalue weighted by Crippen LogP contribution is -2.43. The highest BCUT2D eigenvalue weighted by Crippen LogP contribution is 2.33. The molecule has 0 aliphatic heterocycles. The van der Waals surface area contributed by atoms with Gasteiger partial charge in [-0.3, -0.25) is 9.59 Å². The fourth-order valence-corrected chi connectivity index (χ4v) is 3.65. The first-order valence-corrected chi connectivity index (χ1v) is 9.32. The Morgan fingerprint density at radius 2 is 1.79 bits per heavy atom. The van der Waals surface area contributed by atoms with Crippen molar-refractivity contribution in [2.75, 3.05) is 4.90 Å². The Balaban J connectivity index is 2.40. The van der Waals surface area contributed by atoms with E-state index in [2.05, 4.69) is 13.8 Å². The number of benzene rings is 1. The molecule has 0 atom stereocenters.